The monoisotopic (exact) mass is 270 g/mol. The van der Waals surface area contributed by atoms with Crippen molar-refractivity contribution < 1.29 is 9.53 Å². The fourth-order valence-corrected chi connectivity index (χ4v) is 2.51. The number of rotatable bonds is 2. The first-order valence-electron chi connectivity index (χ1n) is 7.14. The Labute approximate surface area is 118 Å². The summed E-state index contributed by atoms with van der Waals surface area (Å²) in [5.41, 5.74) is 2.90. The Kier molecular flexibility index (Phi) is 3.63. The second-order valence-corrected chi connectivity index (χ2v) is 5.31. The average molecular weight is 270 g/mol. The maximum atomic E-state index is 12.0. The molecule has 0 fully saturated rings. The summed E-state index contributed by atoms with van der Waals surface area (Å²) in [4.78, 5) is 21.0. The number of ether oxygens (including phenoxy) is 1. The molecular formula is C16H18N2O2. The van der Waals surface area contributed by atoms with Gasteiger partial charge >= 0.3 is 5.97 Å². The van der Waals surface area contributed by atoms with Gasteiger partial charge in [0.1, 0.15) is 0 Å². The summed E-state index contributed by atoms with van der Waals surface area (Å²) in [6.45, 7) is 2.82. The number of cyclic esters (lactones) is 1. The van der Waals surface area contributed by atoms with E-state index in [0.717, 1.165) is 37.1 Å². The molecule has 0 spiro atoms. The average Bonchev–Trinajstić information content (AvgIpc) is 2.67. The Morgan fingerprint density at radius 2 is 1.95 bits per heavy atom. The molecule has 0 N–H and O–H groups in total. The molecule has 0 bridgehead atoms. The van der Waals surface area contributed by atoms with Gasteiger partial charge in [0.15, 0.2) is 6.04 Å². The Bertz CT molecular complexity index is 573. The van der Waals surface area contributed by atoms with Gasteiger partial charge in [-0.3, -0.25) is 4.99 Å². The lowest BCUT2D eigenvalue weighted by Gasteiger charge is -2.05. The fraction of sp³-hybridized carbons (Fsp3) is 0.438. The highest BCUT2D eigenvalue weighted by atomic mass is 16.6. The molecule has 0 saturated carbocycles. The lowest BCUT2D eigenvalue weighted by Crippen LogP contribution is -2.25. The minimum absolute atomic E-state index is 0.291. The van der Waals surface area contributed by atoms with Gasteiger partial charge in [0.2, 0.25) is 5.90 Å². The molecule has 2 heterocycles. The molecule has 1 aromatic rings. The highest BCUT2D eigenvalue weighted by Crippen LogP contribution is 2.19. The van der Waals surface area contributed by atoms with Crippen molar-refractivity contribution in [1.82, 2.24) is 0 Å². The van der Waals surface area contributed by atoms with Crippen LogP contribution in [-0.2, 0) is 9.53 Å². The van der Waals surface area contributed by atoms with Gasteiger partial charge in [0.25, 0.3) is 0 Å². The predicted octanol–water partition coefficient (Wildman–Crippen LogP) is 2.68. The van der Waals surface area contributed by atoms with Crippen LogP contribution in [0.25, 0.3) is 0 Å². The van der Waals surface area contributed by atoms with Crippen LogP contribution < -0.4 is 0 Å². The quantitative estimate of drug-likeness (QED) is 0.776. The molecule has 0 amide bonds. The molecule has 2 aliphatic heterocycles. The zero-order valence-corrected chi connectivity index (χ0v) is 11.6. The molecule has 2 aliphatic rings. The third kappa shape index (κ3) is 2.64. The molecule has 0 saturated heterocycles. The highest BCUT2D eigenvalue weighted by molar-refractivity contribution is 6.16. The number of aliphatic imine (C=N–C) groups is 2. The smallest absolute Gasteiger partial charge is 0.343 e. The van der Waals surface area contributed by atoms with Crippen LogP contribution in [0, 0.1) is 6.92 Å². The van der Waals surface area contributed by atoms with E-state index in [1.807, 2.05) is 31.2 Å². The topological polar surface area (TPSA) is 51.0 Å². The van der Waals surface area contributed by atoms with Crippen LogP contribution in [0.3, 0.4) is 0 Å². The van der Waals surface area contributed by atoms with Crippen molar-refractivity contribution in [2.24, 2.45) is 9.98 Å². The third-order valence-electron chi connectivity index (χ3n) is 3.69. The summed E-state index contributed by atoms with van der Waals surface area (Å²) < 4.78 is 5.32. The molecule has 20 heavy (non-hydrogen) atoms. The van der Waals surface area contributed by atoms with E-state index in [2.05, 4.69) is 9.98 Å². The van der Waals surface area contributed by atoms with Crippen molar-refractivity contribution in [3.63, 3.8) is 0 Å². The summed E-state index contributed by atoms with van der Waals surface area (Å²) in [6.07, 6.45) is 4.20. The minimum Gasteiger partial charge on any atom is -0.405 e. The van der Waals surface area contributed by atoms with Crippen LogP contribution in [0.4, 0.5) is 0 Å². The molecule has 4 nitrogen and oxygen atoms in total. The number of carbonyl (C=O) groups excluding carboxylic acids is 1. The summed E-state index contributed by atoms with van der Waals surface area (Å²) in [7, 11) is 0. The summed E-state index contributed by atoms with van der Waals surface area (Å²) in [5, 5.41) is 0. The highest BCUT2D eigenvalue weighted by Gasteiger charge is 2.33. The predicted molar refractivity (Wildman–Crippen MR) is 78.4 cm³/mol. The van der Waals surface area contributed by atoms with Crippen molar-refractivity contribution in [1.29, 1.82) is 0 Å². The molecule has 4 heteroatoms. The van der Waals surface area contributed by atoms with E-state index in [0.29, 0.717) is 5.90 Å². The number of benzene rings is 1. The van der Waals surface area contributed by atoms with Crippen molar-refractivity contribution in [2.75, 3.05) is 6.54 Å². The summed E-state index contributed by atoms with van der Waals surface area (Å²) in [5.74, 6) is 0.133. The lowest BCUT2D eigenvalue weighted by atomic mass is 10.1. The van der Waals surface area contributed by atoms with E-state index >= 15 is 0 Å². The number of hydrogen-bond donors (Lipinski definition) is 0. The van der Waals surface area contributed by atoms with Crippen molar-refractivity contribution >= 4 is 17.6 Å². The van der Waals surface area contributed by atoms with Gasteiger partial charge in [-0.15, -0.1) is 0 Å². The number of aryl methyl sites for hydroxylation is 1. The Balaban J connectivity index is 1.84. The number of esters is 1. The Hall–Kier alpha value is -1.97. The second-order valence-electron chi connectivity index (χ2n) is 5.31. The first-order valence-corrected chi connectivity index (χ1v) is 7.14. The summed E-state index contributed by atoms with van der Waals surface area (Å²) >= 11 is 0. The van der Waals surface area contributed by atoms with E-state index in [9.17, 15) is 4.79 Å². The van der Waals surface area contributed by atoms with Crippen molar-refractivity contribution in [3.8, 4) is 0 Å². The van der Waals surface area contributed by atoms with Gasteiger partial charge < -0.3 is 4.74 Å². The van der Waals surface area contributed by atoms with E-state index in [-0.39, 0.29) is 5.97 Å². The van der Waals surface area contributed by atoms with Gasteiger partial charge in [0.05, 0.1) is 0 Å². The number of hydrogen-bond acceptors (Lipinski definition) is 4. The van der Waals surface area contributed by atoms with Gasteiger partial charge in [-0.25, -0.2) is 9.79 Å². The van der Waals surface area contributed by atoms with Crippen LogP contribution in [0.5, 0.6) is 0 Å². The van der Waals surface area contributed by atoms with Gasteiger partial charge in [-0.2, -0.15) is 0 Å². The zero-order chi connectivity index (χ0) is 13.9. The van der Waals surface area contributed by atoms with E-state index in [1.165, 1.54) is 12.0 Å². The molecule has 0 aromatic heterocycles. The van der Waals surface area contributed by atoms with Crippen LogP contribution in [0.15, 0.2) is 34.3 Å². The SMILES string of the molecule is Cc1ccc(C2=NC(C3=NCCCCC3)C(=O)O2)cc1. The van der Waals surface area contributed by atoms with Gasteiger partial charge in [-0.05, 0) is 38.3 Å². The maximum absolute atomic E-state index is 12.0. The van der Waals surface area contributed by atoms with Crippen molar-refractivity contribution in [3.05, 3.63) is 35.4 Å². The minimum atomic E-state index is -0.524. The van der Waals surface area contributed by atoms with Crippen LogP contribution in [0.2, 0.25) is 0 Å². The molecule has 1 aromatic carbocycles. The Morgan fingerprint density at radius 1 is 1.15 bits per heavy atom. The standard InChI is InChI=1S/C16H18N2O2/c1-11-6-8-12(9-7-11)15-18-14(16(19)20-15)13-5-3-2-4-10-17-13/h6-9,14H,2-5,10H2,1H3. The Morgan fingerprint density at radius 3 is 2.75 bits per heavy atom. The maximum Gasteiger partial charge on any atom is 0.343 e. The van der Waals surface area contributed by atoms with Crippen molar-refractivity contribution in [2.45, 2.75) is 38.6 Å². The number of carbonyl (C=O) groups is 1. The van der Waals surface area contributed by atoms with Gasteiger partial charge in [-0.1, -0.05) is 24.1 Å². The molecule has 0 aliphatic carbocycles. The number of nitrogens with zero attached hydrogens (tertiary/aromatic N) is 2. The normalized spacial score (nSPS) is 22.9. The van der Waals surface area contributed by atoms with Gasteiger partial charge in [0, 0.05) is 17.8 Å². The van der Waals surface area contributed by atoms with E-state index in [4.69, 9.17) is 4.74 Å². The first kappa shape index (κ1) is 13.0. The van der Waals surface area contributed by atoms with E-state index in [1.54, 1.807) is 0 Å². The first-order chi connectivity index (χ1) is 9.74. The van der Waals surface area contributed by atoms with Crippen LogP contribution in [0.1, 0.15) is 36.8 Å². The fourth-order valence-electron chi connectivity index (χ4n) is 2.51. The molecule has 1 unspecified atom stereocenters. The molecular weight excluding hydrogens is 252 g/mol. The molecule has 0 radical (unpaired) electrons. The van der Waals surface area contributed by atoms with E-state index < -0.39 is 6.04 Å². The largest absolute Gasteiger partial charge is 0.405 e. The zero-order valence-electron chi connectivity index (χ0n) is 11.6. The lowest BCUT2D eigenvalue weighted by molar-refractivity contribution is -0.133. The third-order valence-corrected chi connectivity index (χ3v) is 3.69. The molecule has 104 valence electrons. The van der Waals surface area contributed by atoms with Crippen LogP contribution in [-0.4, -0.2) is 30.2 Å². The molecule has 3 rings (SSSR count). The van der Waals surface area contributed by atoms with Crippen LogP contribution >= 0.6 is 0 Å². The summed E-state index contributed by atoms with van der Waals surface area (Å²) in [6, 6.07) is 7.31. The molecule has 1 atom stereocenters. The second kappa shape index (κ2) is 5.57.